The number of carboxylic acid groups (broad SMARTS) is 1. The van der Waals surface area contributed by atoms with E-state index in [1.165, 1.54) is 0 Å². The Morgan fingerprint density at radius 3 is 2.18 bits per heavy atom. The summed E-state index contributed by atoms with van der Waals surface area (Å²) in [5.41, 5.74) is 0. The van der Waals surface area contributed by atoms with Crippen LogP contribution in [-0.2, 0) is 9.59 Å². The number of rotatable bonds is 4. The maximum atomic E-state index is 12.1. The summed E-state index contributed by atoms with van der Waals surface area (Å²) in [6.45, 7) is 4.02. The molecule has 0 radical (unpaired) electrons. The van der Waals surface area contributed by atoms with Crippen molar-refractivity contribution in [3.05, 3.63) is 0 Å². The number of hydrogen-bond donors (Lipinski definition) is 1. The van der Waals surface area contributed by atoms with Crippen LogP contribution in [0.4, 0.5) is 0 Å². The van der Waals surface area contributed by atoms with Gasteiger partial charge in [0.2, 0.25) is 5.91 Å². The summed E-state index contributed by atoms with van der Waals surface area (Å²) in [6.07, 6.45) is 3.67. The summed E-state index contributed by atoms with van der Waals surface area (Å²) < 4.78 is 0. The molecular formula is C13H23NO3. The molecule has 4 heteroatoms. The van der Waals surface area contributed by atoms with Crippen LogP contribution in [0.5, 0.6) is 0 Å². The second-order valence-corrected chi connectivity index (χ2v) is 5.36. The van der Waals surface area contributed by atoms with Gasteiger partial charge in [0.1, 0.15) is 0 Å². The molecule has 0 heterocycles. The Labute approximate surface area is 103 Å². The number of hydrogen-bond acceptors (Lipinski definition) is 2. The molecule has 1 aliphatic carbocycles. The Bertz CT molecular complexity index is 280. The van der Waals surface area contributed by atoms with E-state index in [1.807, 2.05) is 20.9 Å². The summed E-state index contributed by atoms with van der Waals surface area (Å²) in [6, 6.07) is 0.235. The minimum absolute atomic E-state index is 0.104. The number of aliphatic carboxylic acids is 1. The number of carbonyl (C=O) groups is 2. The van der Waals surface area contributed by atoms with Crippen molar-refractivity contribution >= 4 is 11.9 Å². The van der Waals surface area contributed by atoms with Gasteiger partial charge in [-0.3, -0.25) is 9.59 Å². The average molecular weight is 241 g/mol. The monoisotopic (exact) mass is 241 g/mol. The van der Waals surface area contributed by atoms with Crippen LogP contribution in [0.25, 0.3) is 0 Å². The van der Waals surface area contributed by atoms with E-state index in [4.69, 9.17) is 5.11 Å². The highest BCUT2D eigenvalue weighted by molar-refractivity contribution is 5.79. The van der Waals surface area contributed by atoms with Gasteiger partial charge in [-0.2, -0.15) is 0 Å². The zero-order valence-electron chi connectivity index (χ0n) is 11.0. The van der Waals surface area contributed by atoms with Gasteiger partial charge in [0, 0.05) is 25.4 Å². The summed E-state index contributed by atoms with van der Waals surface area (Å²) in [4.78, 5) is 24.5. The molecule has 98 valence electrons. The van der Waals surface area contributed by atoms with Crippen molar-refractivity contribution < 1.29 is 14.7 Å². The van der Waals surface area contributed by atoms with Crippen LogP contribution in [-0.4, -0.2) is 35.0 Å². The van der Waals surface area contributed by atoms with Gasteiger partial charge in [0.05, 0.1) is 0 Å². The zero-order chi connectivity index (χ0) is 13.0. The third kappa shape index (κ3) is 4.02. The normalized spacial score (nSPS) is 24.7. The highest BCUT2D eigenvalue weighted by Crippen LogP contribution is 2.31. The van der Waals surface area contributed by atoms with E-state index in [9.17, 15) is 9.59 Å². The van der Waals surface area contributed by atoms with Gasteiger partial charge in [-0.15, -0.1) is 0 Å². The summed E-state index contributed by atoms with van der Waals surface area (Å²) in [7, 11) is 1.84. The molecule has 0 bridgehead atoms. The predicted molar refractivity (Wildman–Crippen MR) is 65.6 cm³/mol. The third-order valence-electron chi connectivity index (χ3n) is 3.78. The molecule has 17 heavy (non-hydrogen) atoms. The van der Waals surface area contributed by atoms with E-state index in [0.29, 0.717) is 0 Å². The molecule has 1 rings (SSSR count). The maximum absolute atomic E-state index is 12.1. The van der Waals surface area contributed by atoms with Crippen molar-refractivity contribution in [3.63, 3.8) is 0 Å². The minimum Gasteiger partial charge on any atom is -0.481 e. The molecule has 1 amide bonds. The van der Waals surface area contributed by atoms with Crippen molar-refractivity contribution in [3.8, 4) is 0 Å². The Morgan fingerprint density at radius 1 is 1.24 bits per heavy atom. The third-order valence-corrected chi connectivity index (χ3v) is 3.78. The largest absolute Gasteiger partial charge is 0.481 e. The lowest BCUT2D eigenvalue weighted by molar-refractivity contribution is -0.139. The van der Waals surface area contributed by atoms with Crippen molar-refractivity contribution in [2.24, 2.45) is 11.8 Å². The molecule has 0 saturated heterocycles. The second-order valence-electron chi connectivity index (χ2n) is 5.36. The first kappa shape index (κ1) is 14.0. The SMILES string of the molecule is CC(C)N(C)C(=O)C1CCC(CC(=O)O)CC1. The minimum atomic E-state index is -0.723. The standard InChI is InChI=1S/C13H23NO3/c1-9(2)14(3)13(17)11-6-4-10(5-7-11)8-12(15)16/h9-11H,4-8H2,1-3H3,(H,15,16). The van der Waals surface area contributed by atoms with Crippen LogP contribution >= 0.6 is 0 Å². The molecule has 1 fully saturated rings. The topological polar surface area (TPSA) is 57.6 Å². The highest BCUT2D eigenvalue weighted by atomic mass is 16.4. The molecule has 1 saturated carbocycles. The van der Waals surface area contributed by atoms with Gasteiger partial charge in [-0.1, -0.05) is 0 Å². The molecule has 0 aromatic carbocycles. The van der Waals surface area contributed by atoms with E-state index < -0.39 is 5.97 Å². The van der Waals surface area contributed by atoms with Crippen molar-refractivity contribution in [1.82, 2.24) is 4.90 Å². The fourth-order valence-electron chi connectivity index (χ4n) is 2.40. The number of amides is 1. The molecule has 0 aliphatic heterocycles. The van der Waals surface area contributed by atoms with Crippen molar-refractivity contribution in [2.75, 3.05) is 7.05 Å². The Hall–Kier alpha value is -1.06. The Kier molecular flexibility index (Phi) is 4.97. The predicted octanol–water partition coefficient (Wildman–Crippen LogP) is 2.13. The van der Waals surface area contributed by atoms with E-state index >= 15 is 0 Å². The lowest BCUT2D eigenvalue weighted by atomic mass is 9.80. The molecule has 0 aromatic heterocycles. The second kappa shape index (κ2) is 6.03. The highest BCUT2D eigenvalue weighted by Gasteiger charge is 2.29. The van der Waals surface area contributed by atoms with Gasteiger partial charge in [0.15, 0.2) is 0 Å². The lowest BCUT2D eigenvalue weighted by Crippen LogP contribution is -2.39. The first-order valence-electron chi connectivity index (χ1n) is 6.40. The summed E-state index contributed by atoms with van der Waals surface area (Å²) in [5.74, 6) is -0.138. The van der Waals surface area contributed by atoms with Gasteiger partial charge < -0.3 is 10.0 Å². The average Bonchev–Trinajstić information content (AvgIpc) is 2.27. The van der Waals surface area contributed by atoms with Crippen LogP contribution in [0.15, 0.2) is 0 Å². The number of carboxylic acids is 1. The molecule has 0 aromatic rings. The van der Waals surface area contributed by atoms with Gasteiger partial charge >= 0.3 is 5.97 Å². The Morgan fingerprint density at radius 2 is 1.76 bits per heavy atom. The number of nitrogens with zero attached hydrogens (tertiary/aromatic N) is 1. The summed E-state index contributed by atoms with van der Waals surface area (Å²) >= 11 is 0. The van der Waals surface area contributed by atoms with Crippen LogP contribution in [0.2, 0.25) is 0 Å². The van der Waals surface area contributed by atoms with Gasteiger partial charge in [-0.05, 0) is 45.4 Å². The molecule has 0 spiro atoms. The smallest absolute Gasteiger partial charge is 0.303 e. The molecule has 0 atom stereocenters. The molecule has 1 aliphatic rings. The van der Waals surface area contributed by atoms with Crippen LogP contribution in [0, 0.1) is 11.8 Å². The molecule has 4 nitrogen and oxygen atoms in total. The zero-order valence-corrected chi connectivity index (χ0v) is 11.0. The Balaban J connectivity index is 2.41. The molecular weight excluding hydrogens is 218 g/mol. The van der Waals surface area contributed by atoms with Gasteiger partial charge in [-0.25, -0.2) is 0 Å². The van der Waals surface area contributed by atoms with Crippen LogP contribution in [0.1, 0.15) is 46.0 Å². The van der Waals surface area contributed by atoms with Gasteiger partial charge in [0.25, 0.3) is 0 Å². The molecule has 1 N–H and O–H groups in total. The first-order chi connectivity index (χ1) is 7.91. The quantitative estimate of drug-likeness (QED) is 0.820. The van der Waals surface area contributed by atoms with E-state index in [2.05, 4.69) is 0 Å². The lowest BCUT2D eigenvalue weighted by Gasteiger charge is -2.31. The fraction of sp³-hybridized carbons (Fsp3) is 0.846. The van der Waals surface area contributed by atoms with Crippen molar-refractivity contribution in [1.29, 1.82) is 0 Å². The van der Waals surface area contributed by atoms with E-state index in [-0.39, 0.29) is 30.2 Å². The fourth-order valence-corrected chi connectivity index (χ4v) is 2.40. The van der Waals surface area contributed by atoms with E-state index in [0.717, 1.165) is 25.7 Å². The van der Waals surface area contributed by atoms with E-state index in [1.54, 1.807) is 4.90 Å². The van der Waals surface area contributed by atoms with Crippen molar-refractivity contribution in [2.45, 2.75) is 52.0 Å². The van der Waals surface area contributed by atoms with Crippen LogP contribution in [0.3, 0.4) is 0 Å². The summed E-state index contributed by atoms with van der Waals surface area (Å²) in [5, 5.41) is 8.73. The maximum Gasteiger partial charge on any atom is 0.303 e. The molecule has 0 unspecified atom stereocenters. The number of carbonyl (C=O) groups excluding carboxylic acids is 1. The first-order valence-corrected chi connectivity index (χ1v) is 6.40. The van der Waals surface area contributed by atoms with Crippen LogP contribution < -0.4 is 0 Å².